The molecular formula is C5H9IS. The molecule has 0 N–H and O–H groups in total. The molecule has 42 valence electrons. The highest BCUT2D eigenvalue weighted by Gasteiger charge is 2.15. The molecule has 0 nitrogen and oxygen atoms in total. The van der Waals surface area contributed by atoms with Gasteiger partial charge in [-0.25, -0.2) is 0 Å². The highest BCUT2D eigenvalue weighted by Crippen LogP contribution is 2.27. The molecule has 0 unspecified atom stereocenters. The Bertz CT molecular complexity index is 52.0. The van der Waals surface area contributed by atoms with Crippen LogP contribution in [0, 0.1) is 5.92 Å². The zero-order chi connectivity index (χ0) is 5.11. The van der Waals surface area contributed by atoms with Gasteiger partial charge in [0.05, 0.1) is 0 Å². The third-order valence-corrected chi connectivity index (χ3v) is 3.26. The summed E-state index contributed by atoms with van der Waals surface area (Å²) in [6.45, 7) is 0. The second kappa shape index (κ2) is 3.17. The van der Waals surface area contributed by atoms with Crippen LogP contribution in [0.1, 0.15) is 6.42 Å². The average molecular weight is 228 g/mol. The van der Waals surface area contributed by atoms with E-state index >= 15 is 0 Å². The van der Waals surface area contributed by atoms with Gasteiger partial charge >= 0.3 is 0 Å². The molecule has 0 aromatic carbocycles. The molecule has 0 spiro atoms. The van der Waals surface area contributed by atoms with Crippen molar-refractivity contribution < 1.29 is 0 Å². The van der Waals surface area contributed by atoms with Gasteiger partial charge < -0.3 is 0 Å². The van der Waals surface area contributed by atoms with Gasteiger partial charge in [-0.2, -0.15) is 11.8 Å². The summed E-state index contributed by atoms with van der Waals surface area (Å²) in [6.07, 6.45) is 1.45. The Labute approximate surface area is 62.6 Å². The lowest BCUT2D eigenvalue weighted by molar-refractivity contribution is 0.627. The second-order valence-corrected chi connectivity index (χ2v) is 4.03. The zero-order valence-electron chi connectivity index (χ0n) is 4.19. The molecule has 0 radical (unpaired) electrons. The molecule has 1 aliphatic rings. The Morgan fingerprint density at radius 1 is 1.57 bits per heavy atom. The van der Waals surface area contributed by atoms with Crippen LogP contribution in [-0.2, 0) is 0 Å². The average Bonchev–Trinajstić information content (AvgIpc) is 1.55. The van der Waals surface area contributed by atoms with Crippen molar-refractivity contribution in [2.75, 3.05) is 15.9 Å². The molecule has 0 saturated carbocycles. The summed E-state index contributed by atoms with van der Waals surface area (Å²) in [5, 5.41) is 0. The third-order valence-electron chi connectivity index (χ3n) is 1.22. The fraction of sp³-hybridized carbons (Fsp3) is 1.00. The predicted octanol–water partition coefficient (Wildman–Crippen LogP) is 2.17. The van der Waals surface area contributed by atoms with Gasteiger partial charge in [-0.05, 0) is 28.3 Å². The van der Waals surface area contributed by atoms with Crippen molar-refractivity contribution in [2.24, 2.45) is 5.92 Å². The van der Waals surface area contributed by atoms with Gasteiger partial charge in [0, 0.05) is 0 Å². The molecule has 1 rings (SSSR count). The Hall–Kier alpha value is 1.08. The van der Waals surface area contributed by atoms with E-state index in [1.54, 1.807) is 0 Å². The second-order valence-electron chi connectivity index (χ2n) is 1.88. The van der Waals surface area contributed by atoms with Crippen LogP contribution in [0.25, 0.3) is 0 Å². The quantitative estimate of drug-likeness (QED) is 0.515. The zero-order valence-corrected chi connectivity index (χ0v) is 7.17. The van der Waals surface area contributed by atoms with Crippen molar-refractivity contribution in [1.82, 2.24) is 0 Å². The number of thioether (sulfide) groups is 1. The molecule has 0 bridgehead atoms. The maximum atomic E-state index is 2.45. The van der Waals surface area contributed by atoms with E-state index in [4.69, 9.17) is 0 Å². The highest BCUT2D eigenvalue weighted by molar-refractivity contribution is 14.1. The SMILES string of the molecule is ICCC1CSC1. The number of hydrogen-bond donors (Lipinski definition) is 0. The normalized spacial score (nSPS) is 21.9. The van der Waals surface area contributed by atoms with E-state index in [9.17, 15) is 0 Å². The fourth-order valence-electron chi connectivity index (χ4n) is 0.605. The molecular weight excluding hydrogens is 219 g/mol. The van der Waals surface area contributed by atoms with Crippen molar-refractivity contribution in [2.45, 2.75) is 6.42 Å². The van der Waals surface area contributed by atoms with E-state index in [1.165, 1.54) is 22.4 Å². The van der Waals surface area contributed by atoms with E-state index < -0.39 is 0 Å². The molecule has 7 heavy (non-hydrogen) atoms. The number of alkyl halides is 1. The van der Waals surface area contributed by atoms with Crippen molar-refractivity contribution in [3.63, 3.8) is 0 Å². The topological polar surface area (TPSA) is 0 Å². The van der Waals surface area contributed by atoms with Crippen LogP contribution in [-0.4, -0.2) is 15.9 Å². The minimum absolute atomic E-state index is 1.09. The Balaban J connectivity index is 1.93. The van der Waals surface area contributed by atoms with Crippen LogP contribution in [0.3, 0.4) is 0 Å². The summed E-state index contributed by atoms with van der Waals surface area (Å²) in [5.41, 5.74) is 0. The summed E-state index contributed by atoms with van der Waals surface area (Å²) < 4.78 is 1.35. The first-order valence-corrected chi connectivity index (χ1v) is 5.25. The van der Waals surface area contributed by atoms with Crippen LogP contribution in [0.2, 0.25) is 0 Å². The van der Waals surface area contributed by atoms with Gasteiger partial charge in [0.2, 0.25) is 0 Å². The van der Waals surface area contributed by atoms with Gasteiger partial charge in [0.25, 0.3) is 0 Å². The van der Waals surface area contributed by atoms with Crippen LogP contribution < -0.4 is 0 Å². The number of hydrogen-bond acceptors (Lipinski definition) is 1. The molecule has 0 amide bonds. The first-order chi connectivity index (χ1) is 3.43. The third kappa shape index (κ3) is 1.80. The molecule has 1 heterocycles. The van der Waals surface area contributed by atoms with Crippen molar-refractivity contribution >= 4 is 34.4 Å². The first-order valence-electron chi connectivity index (χ1n) is 2.57. The van der Waals surface area contributed by atoms with E-state index in [-0.39, 0.29) is 0 Å². The van der Waals surface area contributed by atoms with Gasteiger partial charge in [-0.15, -0.1) is 0 Å². The Morgan fingerprint density at radius 2 is 2.29 bits per heavy atom. The smallest absolute Gasteiger partial charge is 0.000150 e. The van der Waals surface area contributed by atoms with Crippen LogP contribution in [0.15, 0.2) is 0 Å². The van der Waals surface area contributed by atoms with Crippen LogP contribution in [0.4, 0.5) is 0 Å². The first kappa shape index (κ1) is 6.20. The largest absolute Gasteiger partial charge is 0.161 e. The molecule has 1 fully saturated rings. The van der Waals surface area contributed by atoms with Crippen LogP contribution >= 0.6 is 34.4 Å². The number of rotatable bonds is 2. The van der Waals surface area contributed by atoms with Gasteiger partial charge in [-0.1, -0.05) is 22.6 Å². The lowest BCUT2D eigenvalue weighted by Crippen LogP contribution is -2.17. The van der Waals surface area contributed by atoms with Crippen molar-refractivity contribution in [1.29, 1.82) is 0 Å². The van der Waals surface area contributed by atoms with E-state index in [0.29, 0.717) is 0 Å². The lowest BCUT2D eigenvalue weighted by atomic mass is 10.1. The molecule has 0 aromatic rings. The summed E-state index contributed by atoms with van der Waals surface area (Å²) in [4.78, 5) is 0. The molecule has 1 aliphatic heterocycles. The predicted molar refractivity (Wildman–Crippen MR) is 44.3 cm³/mol. The Morgan fingerprint density at radius 3 is 2.43 bits per heavy atom. The van der Waals surface area contributed by atoms with E-state index in [1.807, 2.05) is 0 Å². The van der Waals surface area contributed by atoms with E-state index in [2.05, 4.69) is 34.4 Å². The van der Waals surface area contributed by atoms with Crippen LogP contribution in [0.5, 0.6) is 0 Å². The van der Waals surface area contributed by atoms with Gasteiger partial charge in [-0.3, -0.25) is 0 Å². The van der Waals surface area contributed by atoms with Gasteiger partial charge in [0.1, 0.15) is 0 Å². The molecule has 0 aromatic heterocycles. The van der Waals surface area contributed by atoms with Gasteiger partial charge in [0.15, 0.2) is 0 Å². The minimum atomic E-state index is 1.09. The summed E-state index contributed by atoms with van der Waals surface area (Å²) >= 11 is 4.53. The minimum Gasteiger partial charge on any atom is -0.161 e. The maximum Gasteiger partial charge on any atom is -0.000150 e. The lowest BCUT2D eigenvalue weighted by Gasteiger charge is -2.23. The molecule has 0 atom stereocenters. The van der Waals surface area contributed by atoms with Crippen molar-refractivity contribution in [3.8, 4) is 0 Å². The van der Waals surface area contributed by atoms with E-state index in [0.717, 1.165) is 5.92 Å². The molecule has 2 heteroatoms. The summed E-state index contributed by atoms with van der Waals surface area (Å²) in [5.74, 6) is 3.95. The Kier molecular flexibility index (Phi) is 2.81. The number of halogens is 1. The molecule has 1 saturated heterocycles. The highest BCUT2D eigenvalue weighted by atomic mass is 127. The fourth-order valence-corrected chi connectivity index (χ4v) is 2.39. The monoisotopic (exact) mass is 228 g/mol. The standard InChI is InChI=1S/C5H9IS/c6-2-1-5-3-7-4-5/h5H,1-4H2. The van der Waals surface area contributed by atoms with Crippen molar-refractivity contribution in [3.05, 3.63) is 0 Å². The summed E-state index contributed by atoms with van der Waals surface area (Å²) in [7, 11) is 0. The summed E-state index contributed by atoms with van der Waals surface area (Å²) in [6, 6.07) is 0. The maximum absolute atomic E-state index is 2.45. The molecule has 0 aliphatic carbocycles.